The fourth-order valence-electron chi connectivity index (χ4n) is 2.98. The molecule has 30 heavy (non-hydrogen) atoms. The maximum atomic E-state index is 13.4. The Hall–Kier alpha value is -3.23. The number of nitrogens with zero attached hydrogens (tertiary/aromatic N) is 4. The van der Waals surface area contributed by atoms with Gasteiger partial charge in [0.2, 0.25) is 5.89 Å². The maximum absolute atomic E-state index is 13.4. The number of aromatic nitrogens is 4. The highest BCUT2D eigenvalue weighted by molar-refractivity contribution is 7.98. The Morgan fingerprint density at radius 3 is 2.57 bits per heavy atom. The molecule has 0 unspecified atom stereocenters. The monoisotopic (exact) mass is 434 g/mol. The zero-order valence-corrected chi connectivity index (χ0v) is 17.2. The van der Waals surface area contributed by atoms with Crippen molar-refractivity contribution in [2.75, 3.05) is 0 Å². The van der Waals surface area contributed by atoms with Gasteiger partial charge in [-0.05, 0) is 47.8 Å². The summed E-state index contributed by atoms with van der Waals surface area (Å²) in [6.07, 6.45) is 1.67. The summed E-state index contributed by atoms with van der Waals surface area (Å²) in [5.41, 5.74) is 2.55. The molecule has 0 bridgehead atoms. The summed E-state index contributed by atoms with van der Waals surface area (Å²) >= 11 is 3.11. The van der Waals surface area contributed by atoms with E-state index in [9.17, 15) is 4.39 Å². The molecule has 0 saturated heterocycles. The van der Waals surface area contributed by atoms with Crippen LogP contribution in [0.25, 0.3) is 27.8 Å². The zero-order valence-electron chi connectivity index (χ0n) is 15.6. The van der Waals surface area contributed by atoms with E-state index in [4.69, 9.17) is 4.42 Å². The minimum Gasteiger partial charge on any atom is -0.444 e. The first-order valence-electron chi connectivity index (χ1n) is 9.16. The molecule has 148 valence electrons. The lowest BCUT2D eigenvalue weighted by atomic mass is 10.2. The number of thiophene rings is 1. The van der Waals surface area contributed by atoms with Gasteiger partial charge in [-0.25, -0.2) is 9.37 Å². The van der Waals surface area contributed by atoms with E-state index in [2.05, 4.69) is 15.2 Å². The molecule has 0 N–H and O–H groups in total. The molecule has 0 aliphatic heterocycles. The second-order valence-electron chi connectivity index (χ2n) is 6.39. The van der Waals surface area contributed by atoms with Crippen molar-refractivity contribution < 1.29 is 8.81 Å². The Bertz CT molecular complexity index is 1250. The van der Waals surface area contributed by atoms with E-state index in [0.29, 0.717) is 17.5 Å². The van der Waals surface area contributed by atoms with E-state index in [0.717, 1.165) is 27.0 Å². The molecule has 0 aliphatic carbocycles. The average molecular weight is 435 g/mol. The summed E-state index contributed by atoms with van der Waals surface area (Å²) in [6.45, 7) is 0. The van der Waals surface area contributed by atoms with Crippen LogP contribution in [0.5, 0.6) is 0 Å². The lowest BCUT2D eigenvalue weighted by Gasteiger charge is -2.10. The third kappa shape index (κ3) is 3.79. The molecule has 5 aromatic rings. The first-order valence-corrected chi connectivity index (χ1v) is 11.0. The molecule has 8 heteroatoms. The molecule has 0 spiro atoms. The van der Waals surface area contributed by atoms with Crippen LogP contribution in [0, 0.1) is 5.82 Å². The lowest BCUT2D eigenvalue weighted by molar-refractivity contribution is 0.575. The first kappa shape index (κ1) is 18.8. The van der Waals surface area contributed by atoms with Crippen LogP contribution < -0.4 is 0 Å². The Kier molecular flexibility index (Phi) is 5.17. The molecule has 5 nitrogen and oxygen atoms in total. The van der Waals surface area contributed by atoms with E-state index in [1.54, 1.807) is 29.7 Å². The highest BCUT2D eigenvalue weighted by Crippen LogP contribution is 2.31. The fraction of sp³-hybridized carbons (Fsp3) is 0.0455. The van der Waals surface area contributed by atoms with Gasteiger partial charge in [0.15, 0.2) is 11.0 Å². The van der Waals surface area contributed by atoms with Crippen LogP contribution in [0.15, 0.2) is 87.9 Å². The van der Waals surface area contributed by atoms with Crippen molar-refractivity contribution >= 4 is 23.1 Å². The second kappa shape index (κ2) is 8.25. The minimum absolute atomic E-state index is 0.285. The Labute approximate surface area is 180 Å². The zero-order chi connectivity index (χ0) is 20.3. The summed E-state index contributed by atoms with van der Waals surface area (Å²) in [5, 5.41) is 11.5. The van der Waals surface area contributed by atoms with Gasteiger partial charge in [0.1, 0.15) is 12.1 Å². The predicted molar refractivity (Wildman–Crippen MR) is 116 cm³/mol. The SMILES string of the molecule is Fc1ccc(-c2nnc(SCc3coc(-c4cccs4)n3)n2-c2ccccc2)cc1. The average Bonchev–Trinajstić information content (AvgIpc) is 3.53. The summed E-state index contributed by atoms with van der Waals surface area (Å²) in [6, 6.07) is 20.1. The van der Waals surface area contributed by atoms with Crippen LogP contribution in [-0.2, 0) is 5.75 Å². The van der Waals surface area contributed by atoms with Gasteiger partial charge in [0.05, 0.1) is 10.6 Å². The summed E-state index contributed by atoms with van der Waals surface area (Å²) in [5.74, 6) is 1.58. The third-order valence-corrected chi connectivity index (χ3v) is 6.20. The van der Waals surface area contributed by atoms with Gasteiger partial charge in [0, 0.05) is 17.0 Å². The highest BCUT2D eigenvalue weighted by atomic mass is 32.2. The van der Waals surface area contributed by atoms with E-state index < -0.39 is 0 Å². The van der Waals surface area contributed by atoms with E-state index in [1.807, 2.05) is 52.4 Å². The number of thioether (sulfide) groups is 1. The van der Waals surface area contributed by atoms with Crippen LogP contribution in [-0.4, -0.2) is 19.7 Å². The molecular weight excluding hydrogens is 419 g/mol. The number of halogens is 1. The number of hydrogen-bond acceptors (Lipinski definition) is 6. The molecule has 0 saturated carbocycles. The minimum atomic E-state index is -0.285. The predicted octanol–water partition coefficient (Wildman–Crippen LogP) is 6.08. The lowest BCUT2D eigenvalue weighted by Crippen LogP contribution is -1.99. The van der Waals surface area contributed by atoms with E-state index in [-0.39, 0.29) is 5.82 Å². The van der Waals surface area contributed by atoms with Crippen molar-refractivity contribution in [2.45, 2.75) is 10.9 Å². The second-order valence-corrected chi connectivity index (χ2v) is 8.28. The van der Waals surface area contributed by atoms with Gasteiger partial charge in [0.25, 0.3) is 0 Å². The molecule has 3 aromatic heterocycles. The first-order chi connectivity index (χ1) is 14.8. The van der Waals surface area contributed by atoms with Crippen molar-refractivity contribution in [3.05, 3.63) is 89.9 Å². The quantitative estimate of drug-likeness (QED) is 0.303. The topological polar surface area (TPSA) is 56.7 Å². The number of para-hydroxylation sites is 1. The molecule has 0 aliphatic rings. The standard InChI is InChI=1S/C22H15FN4OS2/c23-16-10-8-15(9-11-16)20-25-26-22(27(20)18-5-2-1-3-6-18)30-14-17-13-28-21(24-17)19-7-4-12-29-19/h1-13H,14H2. The third-order valence-electron chi connectivity index (χ3n) is 4.38. The van der Waals surface area contributed by atoms with Gasteiger partial charge in [-0.2, -0.15) is 0 Å². The molecule has 0 atom stereocenters. The molecular formula is C22H15FN4OS2. The Morgan fingerprint density at radius 2 is 1.80 bits per heavy atom. The number of oxazole rings is 1. The van der Waals surface area contributed by atoms with Crippen molar-refractivity contribution in [1.82, 2.24) is 19.7 Å². The van der Waals surface area contributed by atoms with Gasteiger partial charge < -0.3 is 4.42 Å². The van der Waals surface area contributed by atoms with Gasteiger partial charge in [-0.15, -0.1) is 21.5 Å². The van der Waals surface area contributed by atoms with E-state index >= 15 is 0 Å². The van der Waals surface area contributed by atoms with Crippen molar-refractivity contribution in [3.63, 3.8) is 0 Å². The van der Waals surface area contributed by atoms with Crippen molar-refractivity contribution in [1.29, 1.82) is 0 Å². The van der Waals surface area contributed by atoms with Crippen LogP contribution in [0.3, 0.4) is 0 Å². The van der Waals surface area contributed by atoms with Crippen molar-refractivity contribution in [2.24, 2.45) is 0 Å². The van der Waals surface area contributed by atoms with Crippen LogP contribution in [0.1, 0.15) is 5.69 Å². The Morgan fingerprint density at radius 1 is 0.967 bits per heavy atom. The number of benzene rings is 2. The van der Waals surface area contributed by atoms with Gasteiger partial charge in [-0.3, -0.25) is 4.57 Å². The van der Waals surface area contributed by atoms with Crippen molar-refractivity contribution in [3.8, 4) is 27.8 Å². The molecule has 0 fully saturated rings. The Balaban J connectivity index is 1.45. The fourth-order valence-corrected chi connectivity index (χ4v) is 4.47. The van der Waals surface area contributed by atoms with E-state index in [1.165, 1.54) is 23.9 Å². The van der Waals surface area contributed by atoms with Crippen LogP contribution in [0.2, 0.25) is 0 Å². The molecule has 5 rings (SSSR count). The smallest absolute Gasteiger partial charge is 0.236 e. The highest BCUT2D eigenvalue weighted by Gasteiger charge is 2.17. The summed E-state index contributed by atoms with van der Waals surface area (Å²) in [4.78, 5) is 5.57. The summed E-state index contributed by atoms with van der Waals surface area (Å²) in [7, 11) is 0. The maximum Gasteiger partial charge on any atom is 0.236 e. The van der Waals surface area contributed by atoms with Gasteiger partial charge in [-0.1, -0.05) is 36.0 Å². The largest absolute Gasteiger partial charge is 0.444 e. The molecule has 3 heterocycles. The van der Waals surface area contributed by atoms with Crippen LogP contribution >= 0.6 is 23.1 Å². The summed E-state index contributed by atoms with van der Waals surface area (Å²) < 4.78 is 21.0. The molecule has 0 radical (unpaired) electrons. The number of hydrogen-bond donors (Lipinski definition) is 0. The van der Waals surface area contributed by atoms with Gasteiger partial charge >= 0.3 is 0 Å². The number of rotatable bonds is 6. The normalized spacial score (nSPS) is 11.1. The molecule has 2 aromatic carbocycles. The van der Waals surface area contributed by atoms with Crippen LogP contribution in [0.4, 0.5) is 4.39 Å². The molecule has 0 amide bonds.